The van der Waals surface area contributed by atoms with Gasteiger partial charge in [0.15, 0.2) is 0 Å². The maximum Gasteiger partial charge on any atom is 0.254 e. The molecule has 0 radical (unpaired) electrons. The van der Waals surface area contributed by atoms with Gasteiger partial charge in [-0.15, -0.1) is 0 Å². The molecule has 0 aliphatic heterocycles. The van der Waals surface area contributed by atoms with E-state index < -0.39 is 5.91 Å². The van der Waals surface area contributed by atoms with Gasteiger partial charge in [-0.2, -0.15) is 0 Å². The van der Waals surface area contributed by atoms with E-state index in [0.717, 1.165) is 5.56 Å². The Bertz CT molecular complexity index is 636. The SMILES string of the molecule is Cc1cc(C)cc(Cc2nc(C)c(C(N)=O)c(N)n2)c1. The average Bonchev–Trinajstić information content (AvgIpc) is 2.25. The van der Waals surface area contributed by atoms with E-state index in [0.29, 0.717) is 17.9 Å². The van der Waals surface area contributed by atoms with Crippen molar-refractivity contribution in [2.75, 3.05) is 5.73 Å². The van der Waals surface area contributed by atoms with E-state index in [-0.39, 0.29) is 11.4 Å². The number of hydrogen-bond donors (Lipinski definition) is 2. The van der Waals surface area contributed by atoms with Crippen LogP contribution in [0.15, 0.2) is 18.2 Å². The minimum atomic E-state index is -0.599. The molecule has 5 heteroatoms. The first-order chi connectivity index (χ1) is 9.36. The fraction of sp³-hybridized carbons (Fsp3) is 0.267. The Hall–Kier alpha value is -2.43. The lowest BCUT2D eigenvalue weighted by molar-refractivity contribution is 0.1000. The Morgan fingerprint density at radius 1 is 1.10 bits per heavy atom. The van der Waals surface area contributed by atoms with Gasteiger partial charge in [0.25, 0.3) is 5.91 Å². The zero-order chi connectivity index (χ0) is 14.9. The lowest BCUT2D eigenvalue weighted by atomic mass is 10.0. The highest BCUT2D eigenvalue weighted by molar-refractivity contribution is 5.98. The lowest BCUT2D eigenvalue weighted by Crippen LogP contribution is -2.18. The quantitative estimate of drug-likeness (QED) is 0.887. The van der Waals surface area contributed by atoms with Crippen LogP contribution in [-0.2, 0) is 6.42 Å². The Morgan fingerprint density at radius 2 is 1.70 bits per heavy atom. The number of primary amides is 1. The molecule has 0 atom stereocenters. The highest BCUT2D eigenvalue weighted by atomic mass is 16.1. The van der Waals surface area contributed by atoms with Crippen molar-refractivity contribution in [2.24, 2.45) is 5.73 Å². The van der Waals surface area contributed by atoms with Crippen molar-refractivity contribution < 1.29 is 4.79 Å². The van der Waals surface area contributed by atoms with Crippen molar-refractivity contribution in [3.63, 3.8) is 0 Å². The molecule has 5 nitrogen and oxygen atoms in total. The van der Waals surface area contributed by atoms with Crippen molar-refractivity contribution in [3.8, 4) is 0 Å². The molecule has 104 valence electrons. The molecule has 0 unspecified atom stereocenters. The molecule has 1 aromatic heterocycles. The van der Waals surface area contributed by atoms with Crippen LogP contribution in [-0.4, -0.2) is 15.9 Å². The predicted octanol–water partition coefficient (Wildman–Crippen LogP) is 1.67. The van der Waals surface area contributed by atoms with Crippen LogP contribution in [0.5, 0.6) is 0 Å². The first-order valence-corrected chi connectivity index (χ1v) is 6.37. The molecule has 1 heterocycles. The van der Waals surface area contributed by atoms with Gasteiger partial charge in [0.2, 0.25) is 0 Å². The number of carbonyl (C=O) groups excluding carboxylic acids is 1. The van der Waals surface area contributed by atoms with Crippen molar-refractivity contribution >= 4 is 11.7 Å². The van der Waals surface area contributed by atoms with Gasteiger partial charge in [0.05, 0.1) is 5.69 Å². The molecule has 2 aromatic rings. The van der Waals surface area contributed by atoms with E-state index >= 15 is 0 Å². The zero-order valence-electron chi connectivity index (χ0n) is 11.9. The molecule has 0 aliphatic carbocycles. The van der Waals surface area contributed by atoms with Crippen LogP contribution in [0, 0.1) is 20.8 Å². The third kappa shape index (κ3) is 2.93. The number of nitrogen functional groups attached to an aromatic ring is 1. The fourth-order valence-electron chi connectivity index (χ4n) is 2.39. The van der Waals surface area contributed by atoms with Gasteiger partial charge in [-0.05, 0) is 26.3 Å². The maximum atomic E-state index is 11.3. The molecule has 4 N–H and O–H groups in total. The van der Waals surface area contributed by atoms with E-state index in [9.17, 15) is 4.79 Å². The number of nitrogens with two attached hydrogens (primary N) is 2. The first kappa shape index (κ1) is 14.0. The topological polar surface area (TPSA) is 94.9 Å². The van der Waals surface area contributed by atoms with Crippen LogP contribution < -0.4 is 11.5 Å². The van der Waals surface area contributed by atoms with Crippen LogP contribution in [0.1, 0.15) is 38.6 Å². The number of hydrogen-bond acceptors (Lipinski definition) is 4. The maximum absolute atomic E-state index is 11.3. The number of aromatic nitrogens is 2. The summed E-state index contributed by atoms with van der Waals surface area (Å²) in [6, 6.07) is 6.29. The first-order valence-electron chi connectivity index (χ1n) is 6.37. The van der Waals surface area contributed by atoms with Gasteiger partial charge in [0.1, 0.15) is 17.2 Å². The summed E-state index contributed by atoms with van der Waals surface area (Å²) < 4.78 is 0. The molecule has 0 saturated carbocycles. The fourth-order valence-corrected chi connectivity index (χ4v) is 2.39. The summed E-state index contributed by atoms with van der Waals surface area (Å²) in [5.74, 6) is 0.136. The minimum Gasteiger partial charge on any atom is -0.383 e. The largest absolute Gasteiger partial charge is 0.383 e. The highest BCUT2D eigenvalue weighted by Crippen LogP contribution is 2.16. The highest BCUT2D eigenvalue weighted by Gasteiger charge is 2.14. The molecule has 0 fully saturated rings. The summed E-state index contributed by atoms with van der Waals surface area (Å²) in [5, 5.41) is 0. The second-order valence-corrected chi connectivity index (χ2v) is 5.02. The molecule has 1 aromatic carbocycles. The van der Waals surface area contributed by atoms with Gasteiger partial charge in [-0.1, -0.05) is 29.3 Å². The molecule has 1 amide bonds. The van der Waals surface area contributed by atoms with Crippen molar-refractivity contribution in [3.05, 3.63) is 52.0 Å². The third-order valence-electron chi connectivity index (χ3n) is 3.05. The number of benzene rings is 1. The summed E-state index contributed by atoms with van der Waals surface area (Å²) >= 11 is 0. The monoisotopic (exact) mass is 270 g/mol. The Morgan fingerprint density at radius 3 is 2.20 bits per heavy atom. The summed E-state index contributed by atoms with van der Waals surface area (Å²) in [6.07, 6.45) is 0.576. The van der Waals surface area contributed by atoms with Gasteiger partial charge in [-0.3, -0.25) is 4.79 Å². The second-order valence-electron chi connectivity index (χ2n) is 5.02. The average molecular weight is 270 g/mol. The minimum absolute atomic E-state index is 0.143. The molecule has 0 bridgehead atoms. The predicted molar refractivity (Wildman–Crippen MR) is 78.4 cm³/mol. The van der Waals surface area contributed by atoms with Crippen molar-refractivity contribution in [1.82, 2.24) is 9.97 Å². The lowest BCUT2D eigenvalue weighted by Gasteiger charge is -2.09. The smallest absolute Gasteiger partial charge is 0.254 e. The molecule has 0 spiro atoms. The van der Waals surface area contributed by atoms with E-state index in [1.54, 1.807) is 6.92 Å². The van der Waals surface area contributed by atoms with Gasteiger partial charge >= 0.3 is 0 Å². The Balaban J connectivity index is 2.37. The Labute approximate surface area is 118 Å². The van der Waals surface area contributed by atoms with Crippen LogP contribution in [0.25, 0.3) is 0 Å². The van der Waals surface area contributed by atoms with Crippen LogP contribution in [0.2, 0.25) is 0 Å². The summed E-state index contributed by atoms with van der Waals surface area (Å²) in [5.41, 5.74) is 15.3. The number of rotatable bonds is 3. The van der Waals surface area contributed by atoms with Crippen LogP contribution in [0.3, 0.4) is 0 Å². The molecule has 0 saturated heterocycles. The molecule has 0 aliphatic rings. The summed E-state index contributed by atoms with van der Waals surface area (Å²) in [7, 11) is 0. The van der Waals surface area contributed by atoms with Gasteiger partial charge in [-0.25, -0.2) is 9.97 Å². The van der Waals surface area contributed by atoms with E-state index in [1.807, 2.05) is 13.8 Å². The van der Waals surface area contributed by atoms with Gasteiger partial charge in [0, 0.05) is 6.42 Å². The van der Waals surface area contributed by atoms with E-state index in [1.165, 1.54) is 11.1 Å². The molecule has 20 heavy (non-hydrogen) atoms. The molecule has 2 rings (SSSR count). The molecular weight excluding hydrogens is 252 g/mol. The van der Waals surface area contributed by atoms with E-state index in [4.69, 9.17) is 11.5 Å². The van der Waals surface area contributed by atoms with E-state index in [2.05, 4.69) is 28.2 Å². The summed E-state index contributed by atoms with van der Waals surface area (Å²) in [6.45, 7) is 5.81. The number of amides is 1. The standard InChI is InChI=1S/C15H18N4O/c1-8-4-9(2)6-11(5-8)7-12-18-10(3)13(15(17)20)14(16)19-12/h4-6H,7H2,1-3H3,(H2,17,20)(H2,16,18,19). The number of nitrogens with zero attached hydrogens (tertiary/aromatic N) is 2. The Kier molecular flexibility index (Phi) is 3.70. The van der Waals surface area contributed by atoms with Crippen molar-refractivity contribution in [2.45, 2.75) is 27.2 Å². The van der Waals surface area contributed by atoms with Crippen molar-refractivity contribution in [1.29, 1.82) is 0 Å². The third-order valence-corrected chi connectivity index (χ3v) is 3.05. The van der Waals surface area contributed by atoms with Crippen LogP contribution >= 0.6 is 0 Å². The van der Waals surface area contributed by atoms with Crippen LogP contribution in [0.4, 0.5) is 5.82 Å². The normalized spacial score (nSPS) is 10.6. The number of aryl methyl sites for hydroxylation is 3. The number of carbonyl (C=O) groups is 1. The number of anilines is 1. The van der Waals surface area contributed by atoms with Gasteiger partial charge < -0.3 is 11.5 Å². The second kappa shape index (κ2) is 5.28. The zero-order valence-corrected chi connectivity index (χ0v) is 11.9. The molecular formula is C15H18N4O. The summed E-state index contributed by atoms with van der Waals surface area (Å²) in [4.78, 5) is 19.8.